The summed E-state index contributed by atoms with van der Waals surface area (Å²) in [5.41, 5.74) is -0.548. The van der Waals surface area contributed by atoms with Gasteiger partial charge in [0.05, 0.1) is 7.11 Å². The van der Waals surface area contributed by atoms with E-state index in [-0.39, 0.29) is 5.75 Å². The monoisotopic (exact) mass is 432 g/mol. The SMILES string of the molecule is CC(C)(C)NS(=O)(=O)Oc1ccccc1.CONS(=O)(=O)Oc1ccccc1. The minimum Gasteiger partial charge on any atom is -0.371 e. The van der Waals surface area contributed by atoms with Crippen molar-refractivity contribution < 1.29 is 30.0 Å². The standard InChI is InChI=1S/C10H15NO3S.C7H9NO4S/c1-10(2,3)11-15(12,13)14-9-7-5-4-6-8-9;1-11-8-13(9,10)12-7-5-3-2-4-6-7/h4-8,11H,1-3H3;2-6,8H,1H3. The predicted octanol–water partition coefficient (Wildman–Crippen LogP) is 2.16. The van der Waals surface area contributed by atoms with Crippen molar-refractivity contribution in [1.82, 2.24) is 9.61 Å². The van der Waals surface area contributed by atoms with E-state index in [1.54, 1.807) is 74.2 Å². The third kappa shape index (κ3) is 10.8. The molecule has 0 aromatic heterocycles. The minimum absolute atomic E-state index is 0.229. The lowest BCUT2D eigenvalue weighted by Gasteiger charge is -2.19. The topological polar surface area (TPSA) is 120 Å². The first-order valence-electron chi connectivity index (χ1n) is 8.00. The van der Waals surface area contributed by atoms with Crippen LogP contribution in [0.4, 0.5) is 0 Å². The van der Waals surface area contributed by atoms with Gasteiger partial charge in [-0.15, -0.1) is 0 Å². The Balaban J connectivity index is 0.000000283. The molecule has 2 aromatic carbocycles. The van der Waals surface area contributed by atoms with Crippen molar-refractivity contribution in [2.24, 2.45) is 0 Å². The summed E-state index contributed by atoms with van der Waals surface area (Å²) in [6, 6.07) is 16.5. The lowest BCUT2D eigenvalue weighted by molar-refractivity contribution is 0.145. The van der Waals surface area contributed by atoms with Gasteiger partial charge in [-0.25, -0.2) is 0 Å². The highest BCUT2D eigenvalue weighted by molar-refractivity contribution is 7.85. The van der Waals surface area contributed by atoms with Crippen LogP contribution in [0.5, 0.6) is 11.5 Å². The molecule has 0 radical (unpaired) electrons. The summed E-state index contributed by atoms with van der Waals surface area (Å²) in [4.78, 5) is 5.94. The molecule has 156 valence electrons. The first-order valence-corrected chi connectivity index (χ1v) is 10.8. The maximum Gasteiger partial charge on any atom is 0.405 e. The number of hydrogen-bond acceptors (Lipinski definition) is 7. The van der Waals surface area contributed by atoms with E-state index in [2.05, 4.69) is 13.7 Å². The van der Waals surface area contributed by atoms with Gasteiger partial charge in [-0.1, -0.05) is 41.3 Å². The van der Waals surface area contributed by atoms with Gasteiger partial charge < -0.3 is 8.37 Å². The first kappa shape index (κ1) is 23.9. The number of benzene rings is 2. The average Bonchev–Trinajstić information content (AvgIpc) is 2.54. The zero-order valence-electron chi connectivity index (χ0n) is 15.9. The number of nitrogens with one attached hydrogen (secondary N) is 2. The van der Waals surface area contributed by atoms with E-state index in [1.165, 1.54) is 19.2 Å². The number of para-hydroxylation sites is 2. The van der Waals surface area contributed by atoms with E-state index >= 15 is 0 Å². The van der Waals surface area contributed by atoms with Gasteiger partial charge in [0.1, 0.15) is 11.5 Å². The van der Waals surface area contributed by atoms with Gasteiger partial charge in [0.2, 0.25) is 0 Å². The fourth-order valence-electron chi connectivity index (χ4n) is 1.72. The smallest absolute Gasteiger partial charge is 0.371 e. The molecule has 2 aromatic rings. The second kappa shape index (κ2) is 10.4. The molecule has 0 aliphatic carbocycles. The predicted molar refractivity (Wildman–Crippen MR) is 105 cm³/mol. The largest absolute Gasteiger partial charge is 0.405 e. The molecule has 11 heteroatoms. The van der Waals surface area contributed by atoms with Crippen molar-refractivity contribution in [3.8, 4) is 11.5 Å². The number of hydrogen-bond donors (Lipinski definition) is 2. The van der Waals surface area contributed by atoms with Crippen LogP contribution >= 0.6 is 0 Å². The van der Waals surface area contributed by atoms with Crippen LogP contribution in [0.1, 0.15) is 20.8 Å². The molecule has 0 saturated heterocycles. The van der Waals surface area contributed by atoms with E-state index < -0.39 is 26.1 Å². The molecule has 0 amide bonds. The molecule has 0 aliphatic heterocycles. The Bertz CT molecular complexity index is 911. The molecule has 0 heterocycles. The highest BCUT2D eigenvalue weighted by Gasteiger charge is 2.21. The van der Waals surface area contributed by atoms with E-state index in [0.717, 1.165) is 0 Å². The Hall–Kier alpha value is -2.18. The normalized spacial score (nSPS) is 11.9. The van der Waals surface area contributed by atoms with Crippen LogP contribution in [0.15, 0.2) is 60.7 Å². The van der Waals surface area contributed by atoms with Crippen LogP contribution in [0.25, 0.3) is 0 Å². The van der Waals surface area contributed by atoms with Gasteiger partial charge in [-0.05, 0) is 45.0 Å². The molecule has 0 saturated carbocycles. The van der Waals surface area contributed by atoms with E-state index in [1.807, 2.05) is 0 Å². The zero-order valence-corrected chi connectivity index (χ0v) is 17.6. The molecule has 0 unspecified atom stereocenters. The molecule has 0 fully saturated rings. The highest BCUT2D eigenvalue weighted by atomic mass is 32.2. The third-order valence-electron chi connectivity index (χ3n) is 2.51. The summed E-state index contributed by atoms with van der Waals surface area (Å²) in [5, 5.41) is 0. The summed E-state index contributed by atoms with van der Waals surface area (Å²) >= 11 is 0. The fourth-order valence-corrected chi connectivity index (χ4v) is 3.48. The molecule has 0 bridgehead atoms. The van der Waals surface area contributed by atoms with Crippen LogP contribution in [0.2, 0.25) is 0 Å². The van der Waals surface area contributed by atoms with Crippen LogP contribution in [-0.2, 0) is 25.4 Å². The number of rotatable bonds is 7. The maximum atomic E-state index is 11.5. The van der Waals surface area contributed by atoms with Gasteiger partial charge >= 0.3 is 20.6 Å². The summed E-state index contributed by atoms with van der Waals surface area (Å²) < 4.78 is 56.7. The van der Waals surface area contributed by atoms with E-state index in [0.29, 0.717) is 5.75 Å². The molecular weight excluding hydrogens is 408 g/mol. The van der Waals surface area contributed by atoms with Gasteiger partial charge in [0, 0.05) is 5.54 Å². The molecular formula is C17H24N2O7S2. The minimum atomic E-state index is -3.86. The first-order chi connectivity index (χ1) is 12.9. The van der Waals surface area contributed by atoms with Crippen molar-refractivity contribution in [1.29, 1.82) is 0 Å². The van der Waals surface area contributed by atoms with Crippen LogP contribution < -0.4 is 18.0 Å². The lowest BCUT2D eigenvalue weighted by atomic mass is 10.1. The third-order valence-corrected chi connectivity index (χ3v) is 4.57. The molecule has 0 aliphatic rings. The summed E-state index contributed by atoms with van der Waals surface area (Å²) in [6.45, 7) is 5.25. The van der Waals surface area contributed by atoms with Crippen molar-refractivity contribution in [2.45, 2.75) is 26.3 Å². The van der Waals surface area contributed by atoms with Crippen molar-refractivity contribution >= 4 is 20.6 Å². The Morgan fingerprint density at radius 3 is 1.46 bits per heavy atom. The highest BCUT2D eigenvalue weighted by Crippen LogP contribution is 2.12. The molecule has 28 heavy (non-hydrogen) atoms. The van der Waals surface area contributed by atoms with Crippen LogP contribution in [0, 0.1) is 0 Å². The Morgan fingerprint density at radius 2 is 1.11 bits per heavy atom. The Labute approximate surface area is 166 Å². The molecule has 0 spiro atoms. The van der Waals surface area contributed by atoms with Gasteiger partial charge in [0.15, 0.2) is 0 Å². The molecule has 0 atom stereocenters. The lowest BCUT2D eigenvalue weighted by Crippen LogP contribution is -2.42. The molecule has 2 N–H and O–H groups in total. The molecule has 9 nitrogen and oxygen atoms in total. The van der Waals surface area contributed by atoms with Gasteiger partial charge in [-0.3, -0.25) is 4.84 Å². The second-order valence-corrected chi connectivity index (χ2v) is 8.86. The molecule has 2 rings (SSSR count). The fraction of sp³-hybridized carbons (Fsp3) is 0.294. The average molecular weight is 433 g/mol. The summed E-state index contributed by atoms with van der Waals surface area (Å²) in [5.74, 6) is 0.529. The van der Waals surface area contributed by atoms with E-state index in [4.69, 9.17) is 4.18 Å². The van der Waals surface area contributed by atoms with Gasteiger partial charge in [0.25, 0.3) is 0 Å². The van der Waals surface area contributed by atoms with Crippen LogP contribution in [-0.4, -0.2) is 29.5 Å². The maximum absolute atomic E-state index is 11.5. The zero-order chi connectivity index (χ0) is 21.3. The van der Waals surface area contributed by atoms with Crippen molar-refractivity contribution in [3.05, 3.63) is 60.7 Å². The summed E-state index contributed by atoms with van der Waals surface area (Å²) in [7, 11) is -6.41. The summed E-state index contributed by atoms with van der Waals surface area (Å²) in [6.07, 6.45) is 0. The van der Waals surface area contributed by atoms with Crippen LogP contribution in [0.3, 0.4) is 0 Å². The Kier molecular flexibility index (Phi) is 8.85. The Morgan fingerprint density at radius 1 is 0.714 bits per heavy atom. The van der Waals surface area contributed by atoms with Crippen molar-refractivity contribution in [2.75, 3.05) is 7.11 Å². The van der Waals surface area contributed by atoms with E-state index in [9.17, 15) is 16.8 Å². The second-order valence-electron chi connectivity index (χ2n) is 6.34. The quantitative estimate of drug-likeness (QED) is 0.643. The van der Waals surface area contributed by atoms with Crippen molar-refractivity contribution in [3.63, 3.8) is 0 Å². The van der Waals surface area contributed by atoms with Gasteiger partial charge in [-0.2, -0.15) is 21.6 Å².